The molecule has 0 unspecified atom stereocenters. The smallest absolute Gasteiger partial charge is 0.256 e. The first kappa shape index (κ1) is 16.5. The maximum atomic E-state index is 12.7. The van der Waals surface area contributed by atoms with Gasteiger partial charge in [0.05, 0.1) is 5.56 Å². The van der Waals surface area contributed by atoms with Crippen molar-refractivity contribution in [1.29, 1.82) is 0 Å². The molecule has 5 heteroatoms. The Bertz CT molecular complexity index is 928. The number of hydrogen-bond acceptors (Lipinski definition) is 4. The van der Waals surface area contributed by atoms with Crippen molar-refractivity contribution in [3.63, 3.8) is 0 Å². The monoisotopic (exact) mass is 363 g/mol. The molecule has 1 aliphatic heterocycles. The SMILES string of the molecule is O=C(Nc1ccc2c(c1)OCO2)c1ccccc1SCc1ccccc1. The second-order valence-electron chi connectivity index (χ2n) is 5.79. The van der Waals surface area contributed by atoms with Crippen molar-refractivity contribution in [3.8, 4) is 11.5 Å². The Labute approximate surface area is 156 Å². The van der Waals surface area contributed by atoms with E-state index in [-0.39, 0.29) is 12.7 Å². The summed E-state index contributed by atoms with van der Waals surface area (Å²) in [5.41, 5.74) is 2.57. The van der Waals surface area contributed by atoms with Gasteiger partial charge in [-0.2, -0.15) is 0 Å². The number of thioether (sulfide) groups is 1. The average Bonchev–Trinajstić information content (AvgIpc) is 3.15. The van der Waals surface area contributed by atoms with Gasteiger partial charge in [-0.15, -0.1) is 11.8 Å². The molecule has 0 radical (unpaired) electrons. The molecule has 0 fully saturated rings. The van der Waals surface area contributed by atoms with E-state index >= 15 is 0 Å². The van der Waals surface area contributed by atoms with Gasteiger partial charge in [0, 0.05) is 22.4 Å². The van der Waals surface area contributed by atoms with E-state index in [1.165, 1.54) is 5.56 Å². The maximum absolute atomic E-state index is 12.7. The lowest BCUT2D eigenvalue weighted by Crippen LogP contribution is -2.12. The molecule has 4 nitrogen and oxygen atoms in total. The number of fused-ring (bicyclic) bond motifs is 1. The lowest BCUT2D eigenvalue weighted by Gasteiger charge is -2.10. The zero-order valence-electron chi connectivity index (χ0n) is 14.0. The standard InChI is InChI=1S/C21H17NO3S/c23-21(22-16-10-11-18-19(12-16)25-14-24-18)17-8-4-5-9-20(17)26-13-15-6-2-1-3-7-15/h1-12H,13-14H2,(H,22,23). The minimum Gasteiger partial charge on any atom is -0.454 e. The van der Waals surface area contributed by atoms with Crippen LogP contribution in [-0.2, 0) is 5.75 Å². The number of carbonyl (C=O) groups excluding carboxylic acids is 1. The molecule has 1 heterocycles. The number of anilines is 1. The summed E-state index contributed by atoms with van der Waals surface area (Å²) in [5.74, 6) is 2.02. The Morgan fingerprint density at radius 2 is 1.69 bits per heavy atom. The Hall–Kier alpha value is -2.92. The Morgan fingerprint density at radius 3 is 2.58 bits per heavy atom. The largest absolute Gasteiger partial charge is 0.454 e. The molecule has 26 heavy (non-hydrogen) atoms. The topological polar surface area (TPSA) is 47.6 Å². The van der Waals surface area contributed by atoms with E-state index in [0.29, 0.717) is 22.7 Å². The van der Waals surface area contributed by atoms with Crippen molar-refractivity contribution in [2.75, 3.05) is 12.1 Å². The van der Waals surface area contributed by atoms with E-state index < -0.39 is 0 Å². The highest BCUT2D eigenvalue weighted by Gasteiger charge is 2.16. The highest BCUT2D eigenvalue weighted by atomic mass is 32.2. The number of carbonyl (C=O) groups is 1. The summed E-state index contributed by atoms with van der Waals surface area (Å²) >= 11 is 1.65. The third kappa shape index (κ3) is 3.68. The van der Waals surface area contributed by atoms with Crippen LogP contribution in [0.3, 0.4) is 0 Å². The van der Waals surface area contributed by atoms with Crippen molar-refractivity contribution >= 4 is 23.4 Å². The summed E-state index contributed by atoms with van der Waals surface area (Å²) in [6, 6.07) is 23.2. The number of nitrogens with one attached hydrogen (secondary N) is 1. The van der Waals surface area contributed by atoms with Crippen molar-refractivity contribution in [2.45, 2.75) is 10.6 Å². The van der Waals surface area contributed by atoms with E-state index in [1.807, 2.05) is 48.5 Å². The third-order valence-corrected chi connectivity index (χ3v) is 5.14. The molecule has 0 aliphatic carbocycles. The number of rotatable bonds is 5. The van der Waals surface area contributed by atoms with Gasteiger partial charge in [-0.25, -0.2) is 0 Å². The fraction of sp³-hybridized carbons (Fsp3) is 0.0952. The van der Waals surface area contributed by atoms with Gasteiger partial charge in [0.2, 0.25) is 6.79 Å². The van der Waals surface area contributed by atoms with Crippen molar-refractivity contribution in [2.24, 2.45) is 0 Å². The minimum atomic E-state index is -0.139. The van der Waals surface area contributed by atoms with Crippen LogP contribution in [-0.4, -0.2) is 12.7 Å². The van der Waals surface area contributed by atoms with Gasteiger partial charge in [0.15, 0.2) is 11.5 Å². The zero-order chi connectivity index (χ0) is 17.8. The summed E-state index contributed by atoms with van der Waals surface area (Å²) in [5, 5.41) is 2.94. The number of amides is 1. The Kier molecular flexibility index (Phi) is 4.80. The lowest BCUT2D eigenvalue weighted by atomic mass is 10.2. The normalized spacial score (nSPS) is 12.0. The van der Waals surface area contributed by atoms with Crippen molar-refractivity contribution in [1.82, 2.24) is 0 Å². The van der Waals surface area contributed by atoms with Gasteiger partial charge >= 0.3 is 0 Å². The fourth-order valence-electron chi connectivity index (χ4n) is 2.69. The quantitative estimate of drug-likeness (QED) is 0.651. The molecule has 1 N–H and O–H groups in total. The van der Waals surface area contributed by atoms with E-state index in [4.69, 9.17) is 9.47 Å². The summed E-state index contributed by atoms with van der Waals surface area (Å²) in [7, 11) is 0. The molecular weight excluding hydrogens is 346 g/mol. The van der Waals surface area contributed by atoms with Gasteiger partial charge in [-0.3, -0.25) is 4.79 Å². The molecule has 0 saturated heterocycles. The number of benzene rings is 3. The lowest BCUT2D eigenvalue weighted by molar-refractivity contribution is 0.102. The van der Waals surface area contributed by atoms with E-state index in [9.17, 15) is 4.79 Å². The van der Waals surface area contributed by atoms with Gasteiger partial charge < -0.3 is 14.8 Å². The predicted octanol–water partition coefficient (Wildman–Crippen LogP) is 4.96. The minimum absolute atomic E-state index is 0.139. The fourth-order valence-corrected chi connectivity index (χ4v) is 3.69. The third-order valence-electron chi connectivity index (χ3n) is 4.00. The molecular formula is C21H17NO3S. The van der Waals surface area contributed by atoms with Crippen molar-refractivity contribution < 1.29 is 14.3 Å². The maximum Gasteiger partial charge on any atom is 0.256 e. The van der Waals surface area contributed by atoms with Crippen molar-refractivity contribution in [3.05, 3.63) is 83.9 Å². The molecule has 130 valence electrons. The first-order valence-corrected chi connectivity index (χ1v) is 9.25. The molecule has 1 aliphatic rings. The number of ether oxygens (including phenoxy) is 2. The van der Waals surface area contributed by atoms with Gasteiger partial charge in [0.25, 0.3) is 5.91 Å². The highest BCUT2D eigenvalue weighted by molar-refractivity contribution is 7.98. The van der Waals surface area contributed by atoms with Crippen LogP contribution in [0.15, 0.2) is 77.7 Å². The molecule has 0 aromatic heterocycles. The highest BCUT2D eigenvalue weighted by Crippen LogP contribution is 2.34. The van der Waals surface area contributed by atoms with Gasteiger partial charge in [-0.1, -0.05) is 42.5 Å². The predicted molar refractivity (Wildman–Crippen MR) is 103 cm³/mol. The Balaban J connectivity index is 1.49. The van der Waals surface area contributed by atoms with Crippen LogP contribution in [0.4, 0.5) is 5.69 Å². The summed E-state index contributed by atoms with van der Waals surface area (Å²) in [6.07, 6.45) is 0. The molecule has 0 bridgehead atoms. The van der Waals surface area contributed by atoms with Crippen LogP contribution in [0, 0.1) is 0 Å². The summed E-state index contributed by atoms with van der Waals surface area (Å²) in [6.45, 7) is 0.214. The average molecular weight is 363 g/mol. The van der Waals surface area contributed by atoms with E-state index in [0.717, 1.165) is 10.6 Å². The van der Waals surface area contributed by atoms with Crippen LogP contribution < -0.4 is 14.8 Å². The number of hydrogen-bond donors (Lipinski definition) is 1. The van der Waals surface area contributed by atoms with Crippen LogP contribution in [0.25, 0.3) is 0 Å². The first-order chi connectivity index (χ1) is 12.8. The Morgan fingerprint density at radius 1 is 0.923 bits per heavy atom. The second kappa shape index (κ2) is 7.54. The molecule has 1 amide bonds. The van der Waals surface area contributed by atoms with Gasteiger partial charge in [-0.05, 0) is 29.8 Å². The summed E-state index contributed by atoms with van der Waals surface area (Å²) in [4.78, 5) is 13.7. The van der Waals surface area contributed by atoms with Crippen LogP contribution >= 0.6 is 11.8 Å². The van der Waals surface area contributed by atoms with Crippen LogP contribution in [0.1, 0.15) is 15.9 Å². The molecule has 4 rings (SSSR count). The summed E-state index contributed by atoms with van der Waals surface area (Å²) < 4.78 is 10.7. The zero-order valence-corrected chi connectivity index (χ0v) is 14.8. The van der Waals surface area contributed by atoms with Crippen LogP contribution in [0.2, 0.25) is 0 Å². The van der Waals surface area contributed by atoms with E-state index in [2.05, 4.69) is 17.4 Å². The van der Waals surface area contributed by atoms with Crippen LogP contribution in [0.5, 0.6) is 11.5 Å². The van der Waals surface area contributed by atoms with Gasteiger partial charge in [0.1, 0.15) is 0 Å². The molecule has 3 aromatic rings. The molecule has 0 atom stereocenters. The molecule has 3 aromatic carbocycles. The molecule has 0 spiro atoms. The second-order valence-corrected chi connectivity index (χ2v) is 6.81. The van der Waals surface area contributed by atoms with E-state index in [1.54, 1.807) is 23.9 Å². The first-order valence-electron chi connectivity index (χ1n) is 8.26. The molecule has 0 saturated carbocycles.